The third kappa shape index (κ3) is 5.88. The van der Waals surface area contributed by atoms with Crippen molar-refractivity contribution in [1.82, 2.24) is 5.32 Å². The molecule has 138 valence electrons. The van der Waals surface area contributed by atoms with E-state index in [1.807, 2.05) is 32.9 Å². The van der Waals surface area contributed by atoms with E-state index in [2.05, 4.69) is 26.6 Å². The molecule has 2 amide bonds. The Hall–Kier alpha value is -2.34. The Morgan fingerprint density at radius 2 is 1.88 bits per heavy atom. The highest BCUT2D eigenvalue weighted by Gasteiger charge is 2.13. The number of ether oxygens (including phenoxy) is 1. The molecule has 0 aliphatic carbocycles. The summed E-state index contributed by atoms with van der Waals surface area (Å²) >= 11 is 3.42. The van der Waals surface area contributed by atoms with E-state index in [0.29, 0.717) is 29.5 Å². The zero-order chi connectivity index (χ0) is 19.1. The molecule has 0 fully saturated rings. The molecule has 5 nitrogen and oxygen atoms in total. The maximum atomic E-state index is 12.3. The number of aryl methyl sites for hydroxylation is 1. The standard InChI is InChI=1S/C20H23BrN2O3/c1-13(2)11-22-20(25)16-6-4-5-7-18(16)23-19(24)12-26-15-8-9-17(21)14(3)10-15/h4-10,13H,11-12H2,1-3H3,(H,22,25)(H,23,24). The fraction of sp³-hybridized carbons (Fsp3) is 0.300. The number of carbonyl (C=O) groups is 2. The number of carbonyl (C=O) groups excluding carboxylic acids is 2. The summed E-state index contributed by atoms with van der Waals surface area (Å²) in [4.78, 5) is 24.5. The van der Waals surface area contributed by atoms with Crippen molar-refractivity contribution in [3.05, 3.63) is 58.1 Å². The number of hydrogen-bond donors (Lipinski definition) is 2. The van der Waals surface area contributed by atoms with Gasteiger partial charge in [0, 0.05) is 11.0 Å². The van der Waals surface area contributed by atoms with Crippen molar-refractivity contribution in [2.24, 2.45) is 5.92 Å². The Morgan fingerprint density at radius 1 is 1.15 bits per heavy atom. The van der Waals surface area contributed by atoms with Gasteiger partial charge in [-0.25, -0.2) is 0 Å². The molecule has 0 heterocycles. The van der Waals surface area contributed by atoms with Crippen molar-refractivity contribution >= 4 is 33.4 Å². The van der Waals surface area contributed by atoms with Crippen LogP contribution in [0.3, 0.4) is 0 Å². The van der Waals surface area contributed by atoms with Crippen LogP contribution in [0.25, 0.3) is 0 Å². The largest absolute Gasteiger partial charge is 0.484 e. The van der Waals surface area contributed by atoms with Crippen molar-refractivity contribution in [2.45, 2.75) is 20.8 Å². The maximum Gasteiger partial charge on any atom is 0.262 e. The number of anilines is 1. The maximum absolute atomic E-state index is 12.3. The first-order chi connectivity index (χ1) is 12.4. The van der Waals surface area contributed by atoms with E-state index in [-0.39, 0.29) is 18.4 Å². The minimum absolute atomic E-state index is 0.136. The molecule has 2 rings (SSSR count). The summed E-state index contributed by atoms with van der Waals surface area (Å²) in [5.74, 6) is 0.431. The molecule has 0 radical (unpaired) electrons. The van der Waals surface area contributed by atoms with Crippen LogP contribution in [0.15, 0.2) is 46.9 Å². The fourth-order valence-corrected chi connectivity index (χ4v) is 2.47. The van der Waals surface area contributed by atoms with E-state index in [4.69, 9.17) is 4.74 Å². The number of hydrogen-bond acceptors (Lipinski definition) is 3. The van der Waals surface area contributed by atoms with Gasteiger partial charge in [0.2, 0.25) is 0 Å². The summed E-state index contributed by atoms with van der Waals surface area (Å²) in [6, 6.07) is 12.4. The molecule has 0 aliphatic rings. The summed E-state index contributed by atoms with van der Waals surface area (Å²) in [6.07, 6.45) is 0. The van der Waals surface area contributed by atoms with Crippen LogP contribution in [-0.2, 0) is 4.79 Å². The lowest BCUT2D eigenvalue weighted by Gasteiger charge is -2.13. The van der Waals surface area contributed by atoms with E-state index in [1.54, 1.807) is 30.3 Å². The molecule has 0 aliphatic heterocycles. The number of para-hydroxylation sites is 1. The molecule has 2 N–H and O–H groups in total. The smallest absolute Gasteiger partial charge is 0.262 e. The third-order valence-corrected chi connectivity index (χ3v) is 4.51. The highest BCUT2D eigenvalue weighted by Crippen LogP contribution is 2.21. The van der Waals surface area contributed by atoms with Crippen LogP contribution in [-0.4, -0.2) is 25.0 Å². The number of benzene rings is 2. The third-order valence-electron chi connectivity index (χ3n) is 3.62. The van der Waals surface area contributed by atoms with Crippen LogP contribution in [0, 0.1) is 12.8 Å². The zero-order valence-electron chi connectivity index (χ0n) is 15.1. The first kappa shape index (κ1) is 20.0. The molecule has 2 aromatic rings. The topological polar surface area (TPSA) is 67.4 Å². The second-order valence-electron chi connectivity index (χ2n) is 6.40. The van der Waals surface area contributed by atoms with Gasteiger partial charge in [-0.05, 0) is 48.7 Å². The van der Waals surface area contributed by atoms with Crippen molar-refractivity contribution in [3.8, 4) is 5.75 Å². The van der Waals surface area contributed by atoms with E-state index in [9.17, 15) is 9.59 Å². The lowest BCUT2D eigenvalue weighted by atomic mass is 10.1. The molecule has 6 heteroatoms. The van der Waals surface area contributed by atoms with E-state index < -0.39 is 0 Å². The van der Waals surface area contributed by atoms with Crippen LogP contribution < -0.4 is 15.4 Å². The van der Waals surface area contributed by atoms with E-state index in [1.165, 1.54) is 0 Å². The lowest BCUT2D eigenvalue weighted by Crippen LogP contribution is -2.29. The summed E-state index contributed by atoms with van der Waals surface area (Å²) in [7, 11) is 0. The van der Waals surface area contributed by atoms with Gasteiger partial charge in [0.25, 0.3) is 11.8 Å². The van der Waals surface area contributed by atoms with Gasteiger partial charge in [-0.3, -0.25) is 9.59 Å². The molecule has 0 saturated carbocycles. The minimum atomic E-state index is -0.324. The first-order valence-electron chi connectivity index (χ1n) is 8.43. The van der Waals surface area contributed by atoms with Gasteiger partial charge in [0.05, 0.1) is 11.3 Å². The first-order valence-corrected chi connectivity index (χ1v) is 9.22. The summed E-state index contributed by atoms with van der Waals surface area (Å²) < 4.78 is 6.50. The molecule has 0 spiro atoms. The minimum Gasteiger partial charge on any atom is -0.484 e. The summed E-state index contributed by atoms with van der Waals surface area (Å²) in [5, 5.41) is 5.60. The van der Waals surface area contributed by atoms with Gasteiger partial charge in [0.1, 0.15) is 5.75 Å². The van der Waals surface area contributed by atoms with Crippen LogP contribution in [0.2, 0.25) is 0 Å². The summed E-state index contributed by atoms with van der Waals surface area (Å²) in [5.41, 5.74) is 1.92. The Bertz CT molecular complexity index is 790. The predicted octanol–water partition coefficient (Wildman–Crippen LogP) is 4.16. The number of amides is 2. The molecular formula is C20H23BrN2O3. The van der Waals surface area contributed by atoms with Crippen molar-refractivity contribution in [1.29, 1.82) is 0 Å². The molecule has 0 saturated heterocycles. The Balaban J connectivity index is 1.98. The van der Waals surface area contributed by atoms with E-state index in [0.717, 1.165) is 10.0 Å². The zero-order valence-corrected chi connectivity index (χ0v) is 16.7. The molecule has 0 bridgehead atoms. The van der Waals surface area contributed by atoms with Crippen LogP contribution >= 0.6 is 15.9 Å². The number of nitrogens with one attached hydrogen (secondary N) is 2. The van der Waals surface area contributed by atoms with Gasteiger partial charge in [-0.15, -0.1) is 0 Å². The van der Waals surface area contributed by atoms with Gasteiger partial charge < -0.3 is 15.4 Å². The summed E-state index contributed by atoms with van der Waals surface area (Å²) in [6.45, 7) is 6.43. The number of halogens is 1. The molecule has 26 heavy (non-hydrogen) atoms. The monoisotopic (exact) mass is 418 g/mol. The lowest BCUT2D eigenvalue weighted by molar-refractivity contribution is -0.118. The predicted molar refractivity (Wildman–Crippen MR) is 107 cm³/mol. The van der Waals surface area contributed by atoms with Crippen LogP contribution in [0.5, 0.6) is 5.75 Å². The molecular weight excluding hydrogens is 396 g/mol. The van der Waals surface area contributed by atoms with Crippen molar-refractivity contribution in [2.75, 3.05) is 18.5 Å². The molecule has 0 atom stereocenters. The average molecular weight is 419 g/mol. The quantitative estimate of drug-likeness (QED) is 0.708. The molecule has 0 aromatic heterocycles. The molecule has 0 unspecified atom stereocenters. The van der Waals surface area contributed by atoms with Crippen LogP contribution in [0.1, 0.15) is 29.8 Å². The van der Waals surface area contributed by atoms with Gasteiger partial charge in [0.15, 0.2) is 6.61 Å². The Kier molecular flexibility index (Phi) is 7.21. The van der Waals surface area contributed by atoms with Crippen molar-refractivity contribution < 1.29 is 14.3 Å². The highest BCUT2D eigenvalue weighted by molar-refractivity contribution is 9.10. The fourth-order valence-electron chi connectivity index (χ4n) is 2.22. The van der Waals surface area contributed by atoms with E-state index >= 15 is 0 Å². The van der Waals surface area contributed by atoms with Gasteiger partial charge in [-0.2, -0.15) is 0 Å². The average Bonchev–Trinajstić information content (AvgIpc) is 2.61. The Morgan fingerprint density at radius 3 is 2.58 bits per heavy atom. The second-order valence-corrected chi connectivity index (χ2v) is 7.25. The van der Waals surface area contributed by atoms with Gasteiger partial charge in [-0.1, -0.05) is 41.9 Å². The highest BCUT2D eigenvalue weighted by atomic mass is 79.9. The molecule has 2 aromatic carbocycles. The van der Waals surface area contributed by atoms with Crippen molar-refractivity contribution in [3.63, 3.8) is 0 Å². The number of rotatable bonds is 7. The normalized spacial score (nSPS) is 10.5. The van der Waals surface area contributed by atoms with Gasteiger partial charge >= 0.3 is 0 Å². The van der Waals surface area contributed by atoms with Crippen LogP contribution in [0.4, 0.5) is 5.69 Å². The second kappa shape index (κ2) is 9.38. The SMILES string of the molecule is Cc1cc(OCC(=O)Nc2ccccc2C(=O)NCC(C)C)ccc1Br. The Labute approximate surface area is 162 Å².